The zero-order chi connectivity index (χ0) is 8.65. The molecule has 0 atom stereocenters. The van der Waals surface area contributed by atoms with E-state index in [1.54, 1.807) is 11.3 Å². The molecule has 1 N–H and O–H groups in total. The van der Waals surface area contributed by atoms with Crippen molar-refractivity contribution in [2.45, 2.75) is 26.2 Å². The van der Waals surface area contributed by atoms with Gasteiger partial charge < -0.3 is 5.32 Å². The molecule has 0 amide bonds. The fourth-order valence-electron chi connectivity index (χ4n) is 1.08. The molecule has 1 aromatic rings. The van der Waals surface area contributed by atoms with E-state index in [4.69, 9.17) is 0 Å². The van der Waals surface area contributed by atoms with E-state index in [9.17, 15) is 0 Å². The van der Waals surface area contributed by atoms with Crippen LogP contribution in [0.25, 0.3) is 0 Å². The Morgan fingerprint density at radius 1 is 1.50 bits per heavy atom. The first kappa shape index (κ1) is 9.68. The maximum absolute atomic E-state index is 4.23. The third-order valence-corrected chi connectivity index (χ3v) is 2.57. The van der Waals surface area contributed by atoms with Gasteiger partial charge in [-0.2, -0.15) is 0 Å². The molecule has 1 rings (SSSR count). The molecule has 0 saturated heterocycles. The molecule has 3 heteroatoms. The van der Waals surface area contributed by atoms with Gasteiger partial charge in [-0.3, -0.25) is 0 Å². The molecule has 1 heterocycles. The molecule has 0 aromatic carbocycles. The monoisotopic (exact) mass is 184 g/mol. The zero-order valence-corrected chi connectivity index (χ0v) is 8.36. The normalized spacial score (nSPS) is 10.4. The van der Waals surface area contributed by atoms with E-state index >= 15 is 0 Å². The molecular formula is C9H16N2S. The summed E-state index contributed by atoms with van der Waals surface area (Å²) in [7, 11) is 0. The van der Waals surface area contributed by atoms with Gasteiger partial charge in [-0.05, 0) is 32.4 Å². The molecule has 1 aromatic heterocycles. The van der Waals surface area contributed by atoms with Crippen LogP contribution in [0.4, 0.5) is 0 Å². The van der Waals surface area contributed by atoms with Crippen molar-refractivity contribution in [1.29, 1.82) is 0 Å². The van der Waals surface area contributed by atoms with Crippen LogP contribution in [0.1, 0.15) is 24.8 Å². The summed E-state index contributed by atoms with van der Waals surface area (Å²) in [6.45, 7) is 4.36. The fraction of sp³-hybridized carbons (Fsp3) is 0.667. The molecule has 0 saturated carbocycles. The molecule has 68 valence electrons. The van der Waals surface area contributed by atoms with Crippen molar-refractivity contribution in [3.63, 3.8) is 0 Å². The molecule has 0 radical (unpaired) electrons. The van der Waals surface area contributed by atoms with Crippen molar-refractivity contribution in [3.05, 3.63) is 16.6 Å². The standard InChI is InChI=1S/C9H16N2S/c1-2-10-6-4-3-5-9-11-7-8-12-9/h7-8,10H,2-6H2,1H3. The molecule has 2 nitrogen and oxygen atoms in total. The number of hydrogen-bond acceptors (Lipinski definition) is 3. The summed E-state index contributed by atoms with van der Waals surface area (Å²) >= 11 is 1.76. The third kappa shape index (κ3) is 3.83. The summed E-state index contributed by atoms with van der Waals surface area (Å²) in [6, 6.07) is 0. The maximum atomic E-state index is 4.23. The van der Waals surface area contributed by atoms with Gasteiger partial charge in [0.15, 0.2) is 0 Å². The molecule has 0 aliphatic carbocycles. The van der Waals surface area contributed by atoms with Crippen LogP contribution in [-0.4, -0.2) is 18.1 Å². The van der Waals surface area contributed by atoms with Gasteiger partial charge in [-0.15, -0.1) is 11.3 Å². The summed E-state index contributed by atoms with van der Waals surface area (Å²) in [5.41, 5.74) is 0. The fourth-order valence-corrected chi connectivity index (χ4v) is 1.74. The van der Waals surface area contributed by atoms with Gasteiger partial charge in [-0.1, -0.05) is 6.92 Å². The summed E-state index contributed by atoms with van der Waals surface area (Å²) < 4.78 is 0. The Balaban J connectivity index is 1.96. The van der Waals surface area contributed by atoms with Crippen molar-refractivity contribution in [2.24, 2.45) is 0 Å². The molecular weight excluding hydrogens is 168 g/mol. The minimum atomic E-state index is 1.08. The van der Waals surface area contributed by atoms with E-state index < -0.39 is 0 Å². The second kappa shape index (κ2) is 6.14. The van der Waals surface area contributed by atoms with E-state index in [1.807, 2.05) is 11.6 Å². The van der Waals surface area contributed by atoms with E-state index in [0.29, 0.717) is 0 Å². The summed E-state index contributed by atoms with van der Waals surface area (Å²) in [6.07, 6.45) is 5.53. The smallest absolute Gasteiger partial charge is 0.0924 e. The van der Waals surface area contributed by atoms with Crippen molar-refractivity contribution in [2.75, 3.05) is 13.1 Å². The van der Waals surface area contributed by atoms with Gasteiger partial charge in [0.05, 0.1) is 5.01 Å². The molecule has 0 aliphatic rings. The van der Waals surface area contributed by atoms with E-state index in [-0.39, 0.29) is 0 Å². The topological polar surface area (TPSA) is 24.9 Å². The Kier molecular flexibility index (Phi) is 4.95. The lowest BCUT2D eigenvalue weighted by Gasteiger charge is -1.99. The van der Waals surface area contributed by atoms with Crippen molar-refractivity contribution in [3.8, 4) is 0 Å². The number of unbranched alkanes of at least 4 members (excludes halogenated alkanes) is 1. The molecule has 0 spiro atoms. The minimum absolute atomic E-state index is 1.08. The predicted octanol–water partition coefficient (Wildman–Crippen LogP) is 2.08. The number of rotatable bonds is 6. The number of thiazole rings is 1. The zero-order valence-electron chi connectivity index (χ0n) is 7.55. The van der Waals surface area contributed by atoms with Gasteiger partial charge in [0, 0.05) is 11.6 Å². The first-order valence-corrected chi connectivity index (χ1v) is 5.40. The van der Waals surface area contributed by atoms with Crippen LogP contribution in [0.3, 0.4) is 0 Å². The Morgan fingerprint density at radius 3 is 3.08 bits per heavy atom. The minimum Gasteiger partial charge on any atom is -0.317 e. The molecule has 0 aliphatic heterocycles. The van der Waals surface area contributed by atoms with E-state index in [1.165, 1.54) is 17.8 Å². The number of hydrogen-bond donors (Lipinski definition) is 1. The SMILES string of the molecule is CCNCCCCc1nccs1. The number of aromatic nitrogens is 1. The first-order chi connectivity index (χ1) is 5.93. The molecule has 12 heavy (non-hydrogen) atoms. The van der Waals surface area contributed by atoms with Crippen LogP contribution in [0.2, 0.25) is 0 Å². The Morgan fingerprint density at radius 2 is 2.42 bits per heavy atom. The lowest BCUT2D eigenvalue weighted by Crippen LogP contribution is -2.13. The molecule has 0 bridgehead atoms. The van der Waals surface area contributed by atoms with Gasteiger partial charge in [-0.25, -0.2) is 4.98 Å². The Hall–Kier alpha value is -0.410. The highest BCUT2D eigenvalue weighted by molar-refractivity contribution is 7.09. The quantitative estimate of drug-likeness (QED) is 0.685. The largest absolute Gasteiger partial charge is 0.317 e. The first-order valence-electron chi connectivity index (χ1n) is 4.52. The average molecular weight is 184 g/mol. The van der Waals surface area contributed by atoms with Gasteiger partial charge in [0.1, 0.15) is 0 Å². The van der Waals surface area contributed by atoms with Crippen molar-refractivity contribution < 1.29 is 0 Å². The second-order valence-corrected chi connectivity index (χ2v) is 3.72. The van der Waals surface area contributed by atoms with Gasteiger partial charge in [0.2, 0.25) is 0 Å². The summed E-state index contributed by atoms with van der Waals surface area (Å²) in [5, 5.41) is 6.62. The lowest BCUT2D eigenvalue weighted by molar-refractivity contribution is 0.640. The van der Waals surface area contributed by atoms with Crippen LogP contribution >= 0.6 is 11.3 Å². The van der Waals surface area contributed by atoms with Crippen molar-refractivity contribution >= 4 is 11.3 Å². The highest BCUT2D eigenvalue weighted by Crippen LogP contribution is 2.07. The van der Waals surface area contributed by atoms with Crippen LogP contribution in [0, 0.1) is 0 Å². The van der Waals surface area contributed by atoms with Gasteiger partial charge >= 0.3 is 0 Å². The second-order valence-electron chi connectivity index (χ2n) is 2.74. The van der Waals surface area contributed by atoms with Crippen molar-refractivity contribution in [1.82, 2.24) is 10.3 Å². The van der Waals surface area contributed by atoms with Crippen LogP contribution in [-0.2, 0) is 6.42 Å². The van der Waals surface area contributed by atoms with E-state index in [0.717, 1.165) is 19.5 Å². The average Bonchev–Trinajstić information content (AvgIpc) is 2.57. The van der Waals surface area contributed by atoms with E-state index in [2.05, 4.69) is 17.2 Å². The lowest BCUT2D eigenvalue weighted by atomic mass is 10.2. The number of aryl methyl sites for hydroxylation is 1. The Labute approximate surface area is 78.0 Å². The Bertz CT molecular complexity index is 184. The summed E-state index contributed by atoms with van der Waals surface area (Å²) in [4.78, 5) is 4.23. The molecule has 0 unspecified atom stereocenters. The highest BCUT2D eigenvalue weighted by Gasteiger charge is 1.94. The van der Waals surface area contributed by atoms with Crippen LogP contribution < -0.4 is 5.32 Å². The van der Waals surface area contributed by atoms with Gasteiger partial charge in [0.25, 0.3) is 0 Å². The summed E-state index contributed by atoms with van der Waals surface area (Å²) in [5.74, 6) is 0. The predicted molar refractivity (Wildman–Crippen MR) is 53.6 cm³/mol. The number of nitrogens with zero attached hydrogens (tertiary/aromatic N) is 1. The van der Waals surface area contributed by atoms with Crippen LogP contribution in [0.15, 0.2) is 11.6 Å². The number of nitrogens with one attached hydrogen (secondary N) is 1. The highest BCUT2D eigenvalue weighted by atomic mass is 32.1. The third-order valence-electron chi connectivity index (χ3n) is 1.73. The van der Waals surface area contributed by atoms with Crippen LogP contribution in [0.5, 0.6) is 0 Å². The maximum Gasteiger partial charge on any atom is 0.0924 e. The molecule has 0 fully saturated rings.